The molecule has 0 unspecified atom stereocenters. The van der Waals surface area contributed by atoms with Gasteiger partial charge in [0.05, 0.1) is 5.41 Å². The predicted octanol–water partition coefficient (Wildman–Crippen LogP) is 16.2. The quantitative estimate of drug-likeness (QED) is 0.155. The molecule has 1 heteroatoms. The van der Waals surface area contributed by atoms with E-state index in [0.29, 0.717) is 0 Å². The topological polar surface area (TPSA) is 3.24 Å². The third-order valence-corrected chi connectivity index (χ3v) is 13.1. The fourth-order valence-corrected chi connectivity index (χ4v) is 10.3. The summed E-state index contributed by atoms with van der Waals surface area (Å²) < 4.78 is 0. The molecule has 1 spiro atoms. The van der Waals surface area contributed by atoms with Gasteiger partial charge >= 0.3 is 0 Å². The first-order chi connectivity index (χ1) is 30.7. The fourth-order valence-electron chi connectivity index (χ4n) is 10.3. The Hall–Kier alpha value is -8.00. The molecule has 10 aromatic carbocycles. The first kappa shape index (κ1) is 35.9. The van der Waals surface area contributed by atoms with Gasteiger partial charge in [0, 0.05) is 17.1 Å². The van der Waals surface area contributed by atoms with E-state index < -0.39 is 0 Å². The number of anilines is 3. The van der Waals surface area contributed by atoms with Gasteiger partial charge in [0.15, 0.2) is 0 Å². The minimum absolute atomic E-state index is 0.377. The molecule has 10 aromatic rings. The van der Waals surface area contributed by atoms with Crippen LogP contribution in [0.1, 0.15) is 22.3 Å². The zero-order chi connectivity index (χ0) is 41.0. The van der Waals surface area contributed by atoms with E-state index >= 15 is 0 Å². The summed E-state index contributed by atoms with van der Waals surface area (Å²) in [6.07, 6.45) is 0. The Morgan fingerprint density at radius 1 is 0.210 bits per heavy atom. The van der Waals surface area contributed by atoms with Crippen LogP contribution in [0.2, 0.25) is 0 Å². The van der Waals surface area contributed by atoms with Crippen LogP contribution in [0.3, 0.4) is 0 Å². The maximum atomic E-state index is 2.47. The van der Waals surface area contributed by atoms with Gasteiger partial charge in [0.2, 0.25) is 0 Å². The van der Waals surface area contributed by atoms with Crippen LogP contribution in [0.15, 0.2) is 249 Å². The molecule has 0 amide bonds. The van der Waals surface area contributed by atoms with Crippen molar-refractivity contribution in [3.05, 3.63) is 271 Å². The monoisotopic (exact) mass is 787 g/mol. The lowest BCUT2D eigenvalue weighted by Crippen LogP contribution is -2.25. The van der Waals surface area contributed by atoms with E-state index in [1.807, 2.05) is 0 Å². The highest BCUT2D eigenvalue weighted by molar-refractivity contribution is 5.96. The molecule has 290 valence electrons. The molecule has 0 radical (unpaired) electrons. The molecular formula is C61H41N. The van der Waals surface area contributed by atoms with Crippen LogP contribution < -0.4 is 4.90 Å². The Kier molecular flexibility index (Phi) is 8.47. The van der Waals surface area contributed by atoms with E-state index in [1.165, 1.54) is 89.0 Å². The van der Waals surface area contributed by atoms with Crippen LogP contribution in [0, 0.1) is 0 Å². The van der Waals surface area contributed by atoms with Gasteiger partial charge < -0.3 is 4.90 Å². The molecule has 0 aromatic heterocycles. The minimum atomic E-state index is -0.377. The van der Waals surface area contributed by atoms with Crippen LogP contribution in [0.4, 0.5) is 17.1 Å². The normalized spacial score (nSPS) is 12.6. The van der Waals surface area contributed by atoms with Gasteiger partial charge in [0.25, 0.3) is 0 Å². The Morgan fingerprint density at radius 2 is 0.548 bits per heavy atom. The third-order valence-electron chi connectivity index (χ3n) is 13.1. The SMILES string of the molecule is c1ccc(-c2ccc(N(c3ccc(-c4ccc5c(c4)C4(c6ccccc6-c6ccccc64)c4ccccc4-5)cc3)c3cc(-c4ccccc4)cc(-c4ccccc4)c3)cc2)cc1. The summed E-state index contributed by atoms with van der Waals surface area (Å²) in [5.74, 6) is 0. The van der Waals surface area contributed by atoms with Crippen molar-refractivity contribution in [1.82, 2.24) is 0 Å². The first-order valence-corrected chi connectivity index (χ1v) is 21.5. The summed E-state index contributed by atoms with van der Waals surface area (Å²) in [6.45, 7) is 0. The summed E-state index contributed by atoms with van der Waals surface area (Å²) >= 11 is 0. The first-order valence-electron chi connectivity index (χ1n) is 21.5. The van der Waals surface area contributed by atoms with Gasteiger partial charge in [-0.05, 0) is 138 Å². The van der Waals surface area contributed by atoms with E-state index in [-0.39, 0.29) is 5.41 Å². The Labute approximate surface area is 363 Å². The van der Waals surface area contributed by atoms with E-state index in [1.54, 1.807) is 0 Å². The maximum absolute atomic E-state index is 2.47. The lowest BCUT2D eigenvalue weighted by Gasteiger charge is -2.30. The number of hydrogen-bond acceptors (Lipinski definition) is 1. The number of nitrogens with zero attached hydrogens (tertiary/aromatic N) is 1. The highest BCUT2D eigenvalue weighted by atomic mass is 15.1. The molecule has 2 aliphatic carbocycles. The second-order valence-electron chi connectivity index (χ2n) is 16.4. The zero-order valence-electron chi connectivity index (χ0n) is 34.1. The average molecular weight is 788 g/mol. The molecule has 0 bridgehead atoms. The van der Waals surface area contributed by atoms with Crippen molar-refractivity contribution in [1.29, 1.82) is 0 Å². The number of fused-ring (bicyclic) bond motifs is 10. The third kappa shape index (κ3) is 5.70. The Balaban J connectivity index is 1.00. The average Bonchev–Trinajstić information content (AvgIpc) is 3.82. The second-order valence-corrected chi connectivity index (χ2v) is 16.4. The lowest BCUT2D eigenvalue weighted by atomic mass is 9.70. The number of hydrogen-bond donors (Lipinski definition) is 0. The van der Waals surface area contributed by atoms with Crippen LogP contribution in [-0.2, 0) is 5.41 Å². The van der Waals surface area contributed by atoms with Gasteiger partial charge in [0.1, 0.15) is 0 Å². The minimum Gasteiger partial charge on any atom is -0.310 e. The summed E-state index contributed by atoms with van der Waals surface area (Å²) in [4.78, 5) is 2.40. The fraction of sp³-hybridized carbons (Fsp3) is 0.0164. The number of rotatable bonds is 7. The van der Waals surface area contributed by atoms with Crippen LogP contribution in [0.25, 0.3) is 66.8 Å². The van der Waals surface area contributed by atoms with Gasteiger partial charge in [-0.1, -0.05) is 200 Å². The van der Waals surface area contributed by atoms with Crippen molar-refractivity contribution in [3.63, 3.8) is 0 Å². The van der Waals surface area contributed by atoms with E-state index in [9.17, 15) is 0 Å². The van der Waals surface area contributed by atoms with Crippen molar-refractivity contribution in [3.8, 4) is 66.8 Å². The molecule has 0 atom stereocenters. The molecule has 0 aliphatic heterocycles. The van der Waals surface area contributed by atoms with Crippen molar-refractivity contribution < 1.29 is 0 Å². The van der Waals surface area contributed by atoms with Crippen molar-refractivity contribution in [2.45, 2.75) is 5.41 Å². The molecular weight excluding hydrogens is 747 g/mol. The standard InChI is InChI=1S/C61H41N/c1-4-16-42(17-5-1)45-28-33-50(34-29-45)62(52-39-48(43-18-6-2-7-19-43)38-49(40-52)44-20-8-3-9-21-44)51-35-30-46(31-36-51)47-32-37-56-55-24-12-15-27-59(55)61(60(56)41-47)57-25-13-10-22-53(57)54-23-11-14-26-58(54)61/h1-41H. The van der Waals surface area contributed by atoms with E-state index in [2.05, 4.69) is 254 Å². The summed E-state index contributed by atoms with van der Waals surface area (Å²) in [5, 5.41) is 0. The Morgan fingerprint density at radius 3 is 1.00 bits per heavy atom. The van der Waals surface area contributed by atoms with Crippen molar-refractivity contribution >= 4 is 17.1 Å². The maximum Gasteiger partial charge on any atom is 0.0725 e. The second kappa shape index (κ2) is 14.6. The molecule has 0 N–H and O–H groups in total. The zero-order valence-corrected chi connectivity index (χ0v) is 34.1. The molecule has 0 saturated carbocycles. The van der Waals surface area contributed by atoms with Gasteiger partial charge in [-0.2, -0.15) is 0 Å². The van der Waals surface area contributed by atoms with Crippen molar-refractivity contribution in [2.24, 2.45) is 0 Å². The number of benzene rings is 10. The molecule has 1 nitrogen and oxygen atoms in total. The highest BCUT2D eigenvalue weighted by Crippen LogP contribution is 2.63. The van der Waals surface area contributed by atoms with Crippen molar-refractivity contribution in [2.75, 3.05) is 4.90 Å². The predicted molar refractivity (Wildman–Crippen MR) is 259 cm³/mol. The van der Waals surface area contributed by atoms with E-state index in [4.69, 9.17) is 0 Å². The Bertz CT molecular complexity index is 3140. The lowest BCUT2D eigenvalue weighted by molar-refractivity contribution is 0.794. The smallest absolute Gasteiger partial charge is 0.0725 e. The molecule has 0 saturated heterocycles. The summed E-state index contributed by atoms with van der Waals surface area (Å²) in [7, 11) is 0. The molecule has 2 aliphatic rings. The van der Waals surface area contributed by atoms with Gasteiger partial charge in [-0.25, -0.2) is 0 Å². The largest absolute Gasteiger partial charge is 0.310 e. The molecule has 12 rings (SSSR count). The van der Waals surface area contributed by atoms with Crippen LogP contribution >= 0.6 is 0 Å². The van der Waals surface area contributed by atoms with Gasteiger partial charge in [-0.15, -0.1) is 0 Å². The van der Waals surface area contributed by atoms with Crippen LogP contribution in [-0.4, -0.2) is 0 Å². The van der Waals surface area contributed by atoms with E-state index in [0.717, 1.165) is 17.1 Å². The molecule has 0 fully saturated rings. The summed E-state index contributed by atoms with van der Waals surface area (Å²) in [6, 6.07) is 91.4. The molecule has 62 heavy (non-hydrogen) atoms. The highest BCUT2D eigenvalue weighted by Gasteiger charge is 2.51. The van der Waals surface area contributed by atoms with Gasteiger partial charge in [-0.3, -0.25) is 0 Å². The van der Waals surface area contributed by atoms with Crippen LogP contribution in [0.5, 0.6) is 0 Å². The summed E-state index contributed by atoms with van der Waals surface area (Å²) in [5.41, 5.74) is 23.1. The molecule has 0 heterocycles.